The van der Waals surface area contributed by atoms with E-state index < -0.39 is 0 Å². The summed E-state index contributed by atoms with van der Waals surface area (Å²) in [5.74, 6) is 0.865. The van der Waals surface area contributed by atoms with Crippen molar-refractivity contribution in [3.8, 4) is 11.5 Å². The highest BCUT2D eigenvalue weighted by Gasteiger charge is 2.34. The van der Waals surface area contributed by atoms with E-state index in [0.29, 0.717) is 42.0 Å². The maximum Gasteiger partial charge on any atom is 0.293 e. The Bertz CT molecular complexity index is 1280. The summed E-state index contributed by atoms with van der Waals surface area (Å²) in [6, 6.07) is 18.0. The van der Waals surface area contributed by atoms with Crippen LogP contribution in [0.2, 0.25) is 10.0 Å². The Hall–Kier alpha value is -1.97. The van der Waals surface area contributed by atoms with Crippen molar-refractivity contribution >= 4 is 84.0 Å². The van der Waals surface area contributed by atoms with Gasteiger partial charge in [-0.3, -0.25) is 14.5 Å². The molecule has 1 heterocycles. The quantitative estimate of drug-likeness (QED) is 0.229. The highest BCUT2D eigenvalue weighted by atomic mass is 79.9. The van der Waals surface area contributed by atoms with Crippen molar-refractivity contribution in [3.63, 3.8) is 0 Å². The molecule has 1 aliphatic heterocycles. The number of halogens is 4. The number of rotatable bonds is 8. The fraction of sp³-hybridized carbons (Fsp3) is 0.120. The van der Waals surface area contributed by atoms with E-state index in [1.54, 1.807) is 30.3 Å². The highest BCUT2D eigenvalue weighted by molar-refractivity contribution is 9.11. The van der Waals surface area contributed by atoms with Gasteiger partial charge in [0.05, 0.1) is 20.4 Å². The molecule has 0 N–H and O–H groups in total. The first-order valence-corrected chi connectivity index (χ1v) is 13.5. The van der Waals surface area contributed by atoms with Crippen molar-refractivity contribution in [2.75, 3.05) is 13.2 Å². The highest BCUT2D eigenvalue weighted by Crippen LogP contribution is 2.38. The third kappa shape index (κ3) is 6.62. The number of hydrogen-bond acceptors (Lipinski definition) is 5. The molecule has 2 amide bonds. The number of hydrogen-bond donors (Lipinski definition) is 0. The van der Waals surface area contributed by atoms with E-state index in [1.807, 2.05) is 36.4 Å². The summed E-state index contributed by atoms with van der Waals surface area (Å²) < 4.78 is 12.9. The second kappa shape index (κ2) is 11.8. The molecule has 0 spiro atoms. The topological polar surface area (TPSA) is 55.8 Å². The van der Waals surface area contributed by atoms with Crippen LogP contribution in [-0.4, -0.2) is 29.2 Å². The number of amides is 2. The fourth-order valence-corrected chi connectivity index (χ4v) is 5.83. The maximum absolute atomic E-state index is 12.8. The van der Waals surface area contributed by atoms with Crippen LogP contribution in [0.1, 0.15) is 11.1 Å². The Kier molecular flexibility index (Phi) is 8.83. The molecular weight excluding hydrogens is 641 g/mol. The summed E-state index contributed by atoms with van der Waals surface area (Å²) in [6.07, 6.45) is 1.68. The van der Waals surface area contributed by atoms with E-state index in [4.69, 9.17) is 32.7 Å². The van der Waals surface area contributed by atoms with Crippen LogP contribution in [-0.2, 0) is 11.4 Å². The summed E-state index contributed by atoms with van der Waals surface area (Å²) in [5.41, 5.74) is 1.60. The minimum atomic E-state index is -0.356. The molecule has 1 saturated heterocycles. The molecule has 0 unspecified atom stereocenters. The molecule has 0 bridgehead atoms. The Balaban J connectivity index is 1.41. The van der Waals surface area contributed by atoms with Gasteiger partial charge in [0, 0.05) is 15.6 Å². The van der Waals surface area contributed by atoms with Crippen LogP contribution in [0, 0.1) is 0 Å². The summed E-state index contributed by atoms with van der Waals surface area (Å²) >= 11 is 20.0. The van der Waals surface area contributed by atoms with Crippen LogP contribution in [0.3, 0.4) is 0 Å². The van der Waals surface area contributed by atoms with Gasteiger partial charge >= 0.3 is 0 Å². The Morgan fingerprint density at radius 1 is 0.943 bits per heavy atom. The lowest BCUT2D eigenvalue weighted by Gasteiger charge is -2.13. The van der Waals surface area contributed by atoms with Gasteiger partial charge in [-0.05, 0) is 97.7 Å². The standard InChI is InChI=1S/C25H17Br2Cl2NO4S/c26-19-11-15(12-20(27)23(19)34-14-16-3-1-2-4-21(16)29)13-22-24(31)30(25(32)35-22)9-10-33-18-7-5-17(28)6-8-18/h1-8,11-13H,9-10,14H2/b22-13-. The molecule has 4 rings (SSSR count). The first kappa shape index (κ1) is 26.1. The summed E-state index contributed by atoms with van der Waals surface area (Å²) in [7, 11) is 0. The molecule has 1 fully saturated rings. The molecular formula is C25H17Br2Cl2NO4S. The average molecular weight is 658 g/mol. The average Bonchev–Trinajstić information content (AvgIpc) is 3.08. The molecule has 1 aliphatic rings. The number of carbonyl (C=O) groups is 2. The van der Waals surface area contributed by atoms with Gasteiger partial charge in [-0.2, -0.15) is 0 Å². The Labute approximate surface area is 233 Å². The van der Waals surface area contributed by atoms with Crippen molar-refractivity contribution in [1.82, 2.24) is 4.90 Å². The molecule has 0 atom stereocenters. The zero-order valence-corrected chi connectivity index (χ0v) is 23.5. The number of imide groups is 1. The van der Waals surface area contributed by atoms with Gasteiger partial charge in [0.2, 0.25) is 0 Å². The van der Waals surface area contributed by atoms with E-state index in [0.717, 1.165) is 22.9 Å². The zero-order chi connectivity index (χ0) is 24.9. The van der Waals surface area contributed by atoms with Crippen LogP contribution in [0.25, 0.3) is 6.08 Å². The molecule has 35 heavy (non-hydrogen) atoms. The first-order chi connectivity index (χ1) is 16.8. The normalized spacial score (nSPS) is 14.6. The van der Waals surface area contributed by atoms with E-state index in [2.05, 4.69) is 31.9 Å². The minimum absolute atomic E-state index is 0.146. The van der Waals surface area contributed by atoms with Gasteiger partial charge in [0.15, 0.2) is 0 Å². The van der Waals surface area contributed by atoms with E-state index in [1.165, 1.54) is 4.90 Å². The summed E-state index contributed by atoms with van der Waals surface area (Å²) in [4.78, 5) is 26.7. The smallest absolute Gasteiger partial charge is 0.293 e. The molecule has 0 aromatic heterocycles. The molecule has 0 saturated carbocycles. The third-order valence-electron chi connectivity index (χ3n) is 4.92. The summed E-state index contributed by atoms with van der Waals surface area (Å²) in [5, 5.41) is 0.899. The lowest BCUT2D eigenvalue weighted by molar-refractivity contribution is -0.123. The van der Waals surface area contributed by atoms with Crippen molar-refractivity contribution in [2.24, 2.45) is 0 Å². The predicted molar refractivity (Wildman–Crippen MR) is 147 cm³/mol. The van der Waals surface area contributed by atoms with Crippen molar-refractivity contribution in [1.29, 1.82) is 0 Å². The minimum Gasteiger partial charge on any atom is -0.492 e. The lowest BCUT2D eigenvalue weighted by atomic mass is 10.2. The molecule has 10 heteroatoms. The van der Waals surface area contributed by atoms with Gasteiger partial charge in [-0.15, -0.1) is 0 Å². The van der Waals surface area contributed by atoms with Gasteiger partial charge in [0.1, 0.15) is 24.7 Å². The molecule has 3 aromatic rings. The number of benzene rings is 3. The molecule has 0 aliphatic carbocycles. The van der Waals surface area contributed by atoms with Gasteiger partial charge in [0.25, 0.3) is 11.1 Å². The van der Waals surface area contributed by atoms with E-state index in [-0.39, 0.29) is 24.3 Å². The molecule has 3 aromatic carbocycles. The van der Waals surface area contributed by atoms with Crippen LogP contribution < -0.4 is 9.47 Å². The Morgan fingerprint density at radius 2 is 1.63 bits per heavy atom. The monoisotopic (exact) mass is 655 g/mol. The van der Waals surface area contributed by atoms with Gasteiger partial charge < -0.3 is 9.47 Å². The van der Waals surface area contributed by atoms with Crippen molar-refractivity contribution < 1.29 is 19.1 Å². The molecule has 5 nitrogen and oxygen atoms in total. The zero-order valence-electron chi connectivity index (χ0n) is 18.0. The molecule has 180 valence electrons. The van der Waals surface area contributed by atoms with Crippen LogP contribution in [0.15, 0.2) is 74.5 Å². The number of carbonyl (C=O) groups excluding carboxylic acids is 2. The van der Waals surface area contributed by atoms with Crippen molar-refractivity contribution in [2.45, 2.75) is 6.61 Å². The van der Waals surface area contributed by atoms with Gasteiger partial charge in [-0.25, -0.2) is 0 Å². The molecule has 0 radical (unpaired) electrons. The van der Waals surface area contributed by atoms with Crippen molar-refractivity contribution in [3.05, 3.63) is 95.7 Å². The lowest BCUT2D eigenvalue weighted by Crippen LogP contribution is -2.32. The van der Waals surface area contributed by atoms with Crippen LogP contribution in [0.4, 0.5) is 4.79 Å². The van der Waals surface area contributed by atoms with Gasteiger partial charge in [-0.1, -0.05) is 41.4 Å². The first-order valence-electron chi connectivity index (χ1n) is 10.3. The SMILES string of the molecule is O=C1S/C(=C\c2cc(Br)c(OCc3ccccc3Cl)c(Br)c2)C(=O)N1CCOc1ccc(Cl)cc1. The largest absolute Gasteiger partial charge is 0.492 e. The van der Waals surface area contributed by atoms with E-state index >= 15 is 0 Å². The second-order valence-corrected chi connectivity index (χ2v) is 10.9. The number of nitrogens with zero attached hydrogens (tertiary/aromatic N) is 1. The third-order valence-corrected chi connectivity index (χ3v) is 7.63. The Morgan fingerprint density at radius 3 is 2.31 bits per heavy atom. The maximum atomic E-state index is 12.8. The summed E-state index contributed by atoms with van der Waals surface area (Å²) in [6.45, 7) is 0.627. The number of ether oxygens (including phenoxy) is 2. The second-order valence-electron chi connectivity index (χ2n) is 7.33. The van der Waals surface area contributed by atoms with Crippen LogP contribution in [0.5, 0.6) is 11.5 Å². The predicted octanol–water partition coefficient (Wildman–Crippen LogP) is 8.21. The fourth-order valence-electron chi connectivity index (χ4n) is 3.20. The number of thioether (sulfide) groups is 1. The van der Waals surface area contributed by atoms with Crippen LogP contribution >= 0.6 is 66.8 Å². The van der Waals surface area contributed by atoms with E-state index in [9.17, 15) is 9.59 Å².